The lowest BCUT2D eigenvalue weighted by Gasteiger charge is -2.10. The fraction of sp³-hybridized carbons (Fsp3) is 0.286. The Kier molecular flexibility index (Phi) is 3.75. The number of nitrogens with zero attached hydrogens (tertiary/aromatic N) is 3. The Bertz CT molecular complexity index is 708. The molecule has 1 heterocycles. The van der Waals surface area contributed by atoms with Crippen molar-refractivity contribution in [3.05, 3.63) is 46.8 Å². The molecule has 2 aromatic rings. The zero-order chi connectivity index (χ0) is 15.8. The van der Waals surface area contributed by atoms with Gasteiger partial charge >= 0.3 is 6.18 Å². The highest BCUT2D eigenvalue weighted by Crippen LogP contribution is 2.33. The number of nitrogens with two attached hydrogens (primary N) is 1. The minimum Gasteiger partial charge on any atom is -0.323 e. The average Bonchev–Trinajstić information content (AvgIpc) is 2.79. The second-order valence-electron chi connectivity index (χ2n) is 4.77. The Morgan fingerprint density at radius 2 is 2.05 bits per heavy atom. The van der Waals surface area contributed by atoms with E-state index >= 15 is 0 Å². The topological polar surface area (TPSA) is 67.6 Å². The van der Waals surface area contributed by atoms with Crippen molar-refractivity contribution in [3.8, 4) is 11.8 Å². The Hall–Kier alpha value is -2.33. The molecule has 4 nitrogen and oxygen atoms in total. The minimum absolute atomic E-state index is 0.233. The van der Waals surface area contributed by atoms with E-state index in [1.54, 1.807) is 26.1 Å². The summed E-state index contributed by atoms with van der Waals surface area (Å²) in [6, 6.07) is 4.71. The normalized spacial score (nSPS) is 13.0. The lowest BCUT2D eigenvalue weighted by molar-refractivity contribution is -0.137. The third kappa shape index (κ3) is 2.90. The van der Waals surface area contributed by atoms with Crippen LogP contribution in [0, 0.1) is 18.3 Å². The number of aryl methyl sites for hydroxylation is 1. The number of rotatable bonds is 2. The van der Waals surface area contributed by atoms with Crippen LogP contribution in [0.2, 0.25) is 0 Å². The summed E-state index contributed by atoms with van der Waals surface area (Å²) in [7, 11) is 0. The maximum absolute atomic E-state index is 12.9. The third-order valence-corrected chi connectivity index (χ3v) is 3.06. The van der Waals surface area contributed by atoms with Gasteiger partial charge in [0.2, 0.25) is 0 Å². The number of hydrogen-bond donors (Lipinski definition) is 1. The largest absolute Gasteiger partial charge is 0.417 e. The summed E-state index contributed by atoms with van der Waals surface area (Å²) in [5.74, 6) is 0. The van der Waals surface area contributed by atoms with E-state index < -0.39 is 17.3 Å². The molecule has 0 saturated heterocycles. The summed E-state index contributed by atoms with van der Waals surface area (Å²) in [6.07, 6.45) is -2.98. The van der Waals surface area contributed by atoms with Crippen LogP contribution in [-0.2, 0) is 6.18 Å². The fourth-order valence-electron chi connectivity index (χ4n) is 2.06. The molecule has 0 bridgehead atoms. The summed E-state index contributed by atoms with van der Waals surface area (Å²) < 4.78 is 40.2. The number of benzene rings is 1. The van der Waals surface area contributed by atoms with Crippen molar-refractivity contribution in [2.45, 2.75) is 26.1 Å². The molecule has 1 aromatic carbocycles. The molecule has 0 aliphatic rings. The van der Waals surface area contributed by atoms with E-state index in [0.29, 0.717) is 5.69 Å². The molecule has 0 radical (unpaired) electrons. The van der Waals surface area contributed by atoms with Gasteiger partial charge in [-0.15, -0.1) is 0 Å². The van der Waals surface area contributed by atoms with Gasteiger partial charge in [0.15, 0.2) is 0 Å². The van der Waals surface area contributed by atoms with E-state index in [1.807, 2.05) is 0 Å². The maximum Gasteiger partial charge on any atom is 0.417 e. The zero-order valence-electron chi connectivity index (χ0n) is 11.4. The molecule has 0 fully saturated rings. The van der Waals surface area contributed by atoms with Crippen LogP contribution in [-0.4, -0.2) is 9.78 Å². The van der Waals surface area contributed by atoms with Crippen molar-refractivity contribution in [1.29, 1.82) is 5.26 Å². The van der Waals surface area contributed by atoms with Crippen LogP contribution < -0.4 is 5.73 Å². The van der Waals surface area contributed by atoms with Crippen molar-refractivity contribution in [2.75, 3.05) is 0 Å². The fourth-order valence-corrected chi connectivity index (χ4v) is 2.06. The molecular formula is C14H13F3N4. The van der Waals surface area contributed by atoms with Gasteiger partial charge in [0, 0.05) is 12.2 Å². The first kappa shape index (κ1) is 15.1. The second kappa shape index (κ2) is 5.22. The number of hydrogen-bond acceptors (Lipinski definition) is 3. The Balaban J connectivity index is 2.56. The van der Waals surface area contributed by atoms with Gasteiger partial charge in [-0.2, -0.15) is 23.5 Å². The Morgan fingerprint density at radius 3 is 2.52 bits per heavy atom. The van der Waals surface area contributed by atoms with Crippen molar-refractivity contribution in [3.63, 3.8) is 0 Å². The van der Waals surface area contributed by atoms with Crippen LogP contribution in [0.3, 0.4) is 0 Å². The van der Waals surface area contributed by atoms with Gasteiger partial charge in [-0.3, -0.25) is 0 Å². The van der Waals surface area contributed by atoms with Gasteiger partial charge < -0.3 is 5.73 Å². The molecule has 0 aliphatic carbocycles. The molecule has 0 aliphatic heterocycles. The van der Waals surface area contributed by atoms with E-state index in [4.69, 9.17) is 11.0 Å². The standard InChI is InChI=1S/C14H13F3N4/c1-8-7-21(20-13(8)9(2)19)11-4-3-10(6-18)12(5-11)14(15,16)17/h3-5,7,9H,19H2,1-2H3. The molecule has 1 atom stereocenters. The first-order valence-electron chi connectivity index (χ1n) is 6.17. The highest BCUT2D eigenvalue weighted by molar-refractivity contribution is 5.47. The molecule has 110 valence electrons. The Labute approximate surface area is 119 Å². The highest BCUT2D eigenvalue weighted by atomic mass is 19.4. The van der Waals surface area contributed by atoms with Gasteiger partial charge in [0.25, 0.3) is 0 Å². The van der Waals surface area contributed by atoms with E-state index in [1.165, 1.54) is 10.7 Å². The molecule has 2 rings (SSSR count). The summed E-state index contributed by atoms with van der Waals surface area (Å²) in [5.41, 5.74) is 6.01. The lowest BCUT2D eigenvalue weighted by atomic mass is 10.1. The SMILES string of the molecule is Cc1cn(-c2ccc(C#N)c(C(F)(F)F)c2)nc1C(C)N. The first-order chi connectivity index (χ1) is 9.74. The lowest BCUT2D eigenvalue weighted by Crippen LogP contribution is -2.10. The summed E-state index contributed by atoms with van der Waals surface area (Å²) in [5, 5.41) is 13.0. The molecule has 0 saturated carbocycles. The van der Waals surface area contributed by atoms with Gasteiger partial charge in [0.1, 0.15) is 0 Å². The molecule has 2 N–H and O–H groups in total. The van der Waals surface area contributed by atoms with E-state index in [-0.39, 0.29) is 11.7 Å². The van der Waals surface area contributed by atoms with E-state index in [0.717, 1.165) is 17.7 Å². The van der Waals surface area contributed by atoms with Gasteiger partial charge in [-0.1, -0.05) is 0 Å². The number of nitriles is 1. The van der Waals surface area contributed by atoms with Gasteiger partial charge in [-0.25, -0.2) is 4.68 Å². The third-order valence-electron chi connectivity index (χ3n) is 3.06. The predicted molar refractivity (Wildman–Crippen MR) is 70.6 cm³/mol. The van der Waals surface area contributed by atoms with Crippen LogP contribution in [0.25, 0.3) is 5.69 Å². The molecule has 0 amide bonds. The summed E-state index contributed by atoms with van der Waals surface area (Å²) >= 11 is 0. The monoisotopic (exact) mass is 294 g/mol. The highest BCUT2D eigenvalue weighted by Gasteiger charge is 2.34. The first-order valence-corrected chi connectivity index (χ1v) is 6.17. The van der Waals surface area contributed by atoms with E-state index in [2.05, 4.69) is 5.10 Å². The second-order valence-corrected chi connectivity index (χ2v) is 4.77. The summed E-state index contributed by atoms with van der Waals surface area (Å²) in [6.45, 7) is 3.54. The molecule has 21 heavy (non-hydrogen) atoms. The predicted octanol–water partition coefficient (Wildman–Crippen LogP) is 3.09. The van der Waals surface area contributed by atoms with Crippen LogP contribution in [0.1, 0.15) is 35.3 Å². The molecule has 1 unspecified atom stereocenters. The average molecular weight is 294 g/mol. The number of aromatic nitrogens is 2. The van der Waals surface area contributed by atoms with Crippen LogP contribution in [0.5, 0.6) is 0 Å². The van der Waals surface area contributed by atoms with Crippen LogP contribution in [0.15, 0.2) is 24.4 Å². The van der Waals surface area contributed by atoms with Crippen LogP contribution in [0.4, 0.5) is 13.2 Å². The Morgan fingerprint density at radius 1 is 1.38 bits per heavy atom. The van der Waals surface area contributed by atoms with Crippen molar-refractivity contribution in [1.82, 2.24) is 9.78 Å². The van der Waals surface area contributed by atoms with Crippen molar-refractivity contribution in [2.24, 2.45) is 5.73 Å². The maximum atomic E-state index is 12.9. The van der Waals surface area contributed by atoms with Gasteiger partial charge in [-0.05, 0) is 37.6 Å². The van der Waals surface area contributed by atoms with Gasteiger partial charge in [0.05, 0.1) is 28.6 Å². The van der Waals surface area contributed by atoms with Crippen molar-refractivity contribution >= 4 is 0 Å². The number of halogens is 3. The quantitative estimate of drug-likeness (QED) is 0.925. The molecule has 1 aromatic heterocycles. The molecule has 0 spiro atoms. The molecule has 7 heteroatoms. The van der Waals surface area contributed by atoms with E-state index in [9.17, 15) is 13.2 Å². The zero-order valence-corrected chi connectivity index (χ0v) is 11.4. The van der Waals surface area contributed by atoms with Crippen LogP contribution >= 0.6 is 0 Å². The smallest absolute Gasteiger partial charge is 0.323 e. The van der Waals surface area contributed by atoms with Crippen molar-refractivity contribution < 1.29 is 13.2 Å². The molecular weight excluding hydrogens is 281 g/mol. The summed E-state index contributed by atoms with van der Waals surface area (Å²) in [4.78, 5) is 0. The minimum atomic E-state index is -4.59. The number of alkyl halides is 3.